The largest absolute Gasteiger partial charge is 0.489 e. The summed E-state index contributed by atoms with van der Waals surface area (Å²) in [4.78, 5) is 12.5. The van der Waals surface area contributed by atoms with E-state index in [1.165, 1.54) is 6.07 Å². The number of carbonyl (C=O) groups is 1. The molecule has 3 aromatic rings. The molecule has 0 aliphatic carbocycles. The number of carbonyl (C=O) groups excluding carboxylic acids is 1. The zero-order valence-corrected chi connectivity index (χ0v) is 15.4. The summed E-state index contributed by atoms with van der Waals surface area (Å²) in [6, 6.07) is 22.4. The first kappa shape index (κ1) is 19.1. The van der Waals surface area contributed by atoms with Gasteiger partial charge < -0.3 is 4.74 Å². The zero-order valence-electron chi connectivity index (χ0n) is 15.4. The number of rotatable bonds is 6. The van der Waals surface area contributed by atoms with Crippen molar-refractivity contribution in [1.29, 1.82) is 5.26 Å². The third-order valence-corrected chi connectivity index (χ3v) is 4.22. The Labute approximate surface area is 163 Å². The van der Waals surface area contributed by atoms with Gasteiger partial charge in [-0.05, 0) is 36.8 Å². The Morgan fingerprint density at radius 1 is 1.04 bits per heavy atom. The number of benzene rings is 3. The van der Waals surface area contributed by atoms with Crippen LogP contribution in [0.4, 0.5) is 4.39 Å². The van der Waals surface area contributed by atoms with Crippen molar-refractivity contribution in [3.8, 4) is 11.8 Å². The number of nitriles is 1. The lowest BCUT2D eigenvalue weighted by Crippen LogP contribution is -2.02. The Balaban J connectivity index is 1.71. The number of hydrogen-bond acceptors (Lipinski definition) is 3. The van der Waals surface area contributed by atoms with Gasteiger partial charge in [-0.3, -0.25) is 4.79 Å². The summed E-state index contributed by atoms with van der Waals surface area (Å²) in [7, 11) is 0. The van der Waals surface area contributed by atoms with Gasteiger partial charge in [0.05, 0.1) is 0 Å². The molecule has 0 aliphatic heterocycles. The minimum atomic E-state index is -0.317. The van der Waals surface area contributed by atoms with Crippen molar-refractivity contribution in [1.82, 2.24) is 0 Å². The molecule has 0 saturated carbocycles. The van der Waals surface area contributed by atoms with Crippen LogP contribution in [0.5, 0.6) is 5.75 Å². The first-order valence-electron chi connectivity index (χ1n) is 8.76. The van der Waals surface area contributed by atoms with Crippen molar-refractivity contribution in [2.45, 2.75) is 13.5 Å². The van der Waals surface area contributed by atoms with Gasteiger partial charge >= 0.3 is 0 Å². The predicted molar refractivity (Wildman–Crippen MR) is 106 cm³/mol. The van der Waals surface area contributed by atoms with Crippen LogP contribution in [0.1, 0.15) is 27.0 Å². The summed E-state index contributed by atoms with van der Waals surface area (Å²) in [5.41, 5.74) is 2.76. The molecule has 3 rings (SSSR count). The summed E-state index contributed by atoms with van der Waals surface area (Å²) in [5, 5.41) is 9.37. The first-order chi connectivity index (χ1) is 13.6. The zero-order chi connectivity index (χ0) is 19.9. The molecule has 0 spiro atoms. The third-order valence-electron chi connectivity index (χ3n) is 4.22. The second-order valence-electron chi connectivity index (χ2n) is 6.31. The van der Waals surface area contributed by atoms with Crippen molar-refractivity contribution in [3.63, 3.8) is 0 Å². The average molecular weight is 371 g/mol. The highest BCUT2D eigenvalue weighted by Gasteiger charge is 2.12. The molecule has 0 radical (unpaired) electrons. The minimum absolute atomic E-state index is 0.0591. The number of hydrogen-bond donors (Lipinski definition) is 0. The molecular weight excluding hydrogens is 353 g/mol. The predicted octanol–water partition coefficient (Wildman–Crippen LogP) is 5.50. The van der Waals surface area contributed by atoms with Crippen LogP contribution in [0, 0.1) is 24.1 Å². The number of halogens is 1. The monoisotopic (exact) mass is 371 g/mol. The van der Waals surface area contributed by atoms with Gasteiger partial charge in [0.15, 0.2) is 0 Å². The maximum atomic E-state index is 13.6. The second-order valence-corrected chi connectivity index (χ2v) is 6.31. The normalized spacial score (nSPS) is 11.0. The smallest absolute Gasteiger partial charge is 0.203 e. The Hall–Kier alpha value is -3.71. The van der Waals surface area contributed by atoms with Gasteiger partial charge in [0.1, 0.15) is 29.8 Å². The standard InChI is InChI=1S/C24H18FNO2/c1-17-6-10-19(11-7-17)24(27)21(15-26)14-18-8-12-22(13-9-18)28-16-20-4-2-3-5-23(20)25/h2-14H,16H2,1H3/b21-14+. The molecule has 0 unspecified atom stereocenters. The van der Waals surface area contributed by atoms with Gasteiger partial charge in [-0.15, -0.1) is 0 Å². The van der Waals surface area contributed by atoms with Crippen molar-refractivity contribution in [2.75, 3.05) is 0 Å². The summed E-state index contributed by atoms with van der Waals surface area (Å²) in [5.74, 6) is -0.0542. The van der Waals surface area contributed by atoms with Crippen LogP contribution >= 0.6 is 0 Å². The molecule has 0 atom stereocenters. The van der Waals surface area contributed by atoms with Gasteiger partial charge in [0.2, 0.25) is 5.78 Å². The summed E-state index contributed by atoms with van der Waals surface area (Å²) in [6.45, 7) is 2.06. The first-order valence-corrected chi connectivity index (χ1v) is 8.76. The molecule has 28 heavy (non-hydrogen) atoms. The van der Waals surface area contributed by atoms with E-state index in [0.717, 1.165) is 5.56 Å². The lowest BCUT2D eigenvalue weighted by atomic mass is 10.0. The van der Waals surface area contributed by atoms with Crippen LogP contribution in [0.15, 0.2) is 78.4 Å². The topological polar surface area (TPSA) is 50.1 Å². The lowest BCUT2D eigenvalue weighted by Gasteiger charge is -2.07. The molecule has 0 fully saturated rings. The van der Waals surface area contributed by atoms with E-state index in [0.29, 0.717) is 22.4 Å². The fraction of sp³-hybridized carbons (Fsp3) is 0.0833. The van der Waals surface area contributed by atoms with E-state index in [4.69, 9.17) is 4.74 Å². The lowest BCUT2D eigenvalue weighted by molar-refractivity contribution is 0.104. The van der Waals surface area contributed by atoms with Crippen LogP contribution in [0.2, 0.25) is 0 Å². The average Bonchev–Trinajstić information content (AvgIpc) is 2.72. The number of ketones is 1. The van der Waals surface area contributed by atoms with Crippen LogP contribution < -0.4 is 4.74 Å². The van der Waals surface area contributed by atoms with E-state index in [2.05, 4.69) is 0 Å². The molecule has 138 valence electrons. The fourth-order valence-corrected chi connectivity index (χ4v) is 2.61. The number of allylic oxidation sites excluding steroid dienone is 1. The van der Waals surface area contributed by atoms with Crippen molar-refractivity contribution in [3.05, 3.63) is 106 Å². The van der Waals surface area contributed by atoms with Gasteiger partial charge in [0, 0.05) is 11.1 Å². The number of ether oxygens (including phenoxy) is 1. The maximum Gasteiger partial charge on any atom is 0.203 e. The summed E-state index contributed by atoms with van der Waals surface area (Å²) in [6.07, 6.45) is 1.54. The SMILES string of the molecule is Cc1ccc(C(=O)/C(C#N)=C/c2ccc(OCc3ccccc3F)cc2)cc1. The van der Waals surface area contributed by atoms with E-state index in [9.17, 15) is 14.4 Å². The van der Waals surface area contributed by atoms with Crippen molar-refractivity contribution >= 4 is 11.9 Å². The van der Waals surface area contributed by atoms with Crippen molar-refractivity contribution in [2.24, 2.45) is 0 Å². The molecule has 3 aromatic carbocycles. The number of Topliss-reactive ketones (excluding diaryl/α,β-unsaturated/α-hetero) is 1. The van der Waals surface area contributed by atoms with Gasteiger partial charge in [-0.25, -0.2) is 4.39 Å². The van der Waals surface area contributed by atoms with E-state index >= 15 is 0 Å². The molecule has 4 heteroatoms. The Bertz CT molecular complexity index is 1050. The quantitative estimate of drug-likeness (QED) is 0.326. The van der Waals surface area contributed by atoms with E-state index < -0.39 is 0 Å². The Morgan fingerprint density at radius 2 is 1.71 bits per heavy atom. The molecule has 0 aromatic heterocycles. The highest BCUT2D eigenvalue weighted by molar-refractivity contribution is 6.14. The van der Waals surface area contributed by atoms with E-state index in [-0.39, 0.29) is 23.8 Å². The highest BCUT2D eigenvalue weighted by atomic mass is 19.1. The molecule has 0 heterocycles. The molecule has 0 N–H and O–H groups in total. The number of aryl methyl sites for hydroxylation is 1. The molecule has 0 aliphatic rings. The minimum Gasteiger partial charge on any atom is -0.489 e. The highest BCUT2D eigenvalue weighted by Crippen LogP contribution is 2.18. The van der Waals surface area contributed by atoms with Gasteiger partial charge in [-0.2, -0.15) is 5.26 Å². The molecule has 3 nitrogen and oxygen atoms in total. The Kier molecular flexibility index (Phi) is 5.98. The second kappa shape index (κ2) is 8.79. The molecule has 0 amide bonds. The van der Waals surface area contributed by atoms with Crippen LogP contribution in [-0.4, -0.2) is 5.78 Å². The molecule has 0 saturated heterocycles. The van der Waals surface area contributed by atoms with Crippen LogP contribution in [-0.2, 0) is 6.61 Å². The van der Waals surface area contributed by atoms with Crippen LogP contribution in [0.3, 0.4) is 0 Å². The van der Waals surface area contributed by atoms with Gasteiger partial charge in [0.25, 0.3) is 0 Å². The van der Waals surface area contributed by atoms with Crippen molar-refractivity contribution < 1.29 is 13.9 Å². The molecular formula is C24H18FNO2. The maximum absolute atomic E-state index is 13.6. The number of nitrogens with zero attached hydrogens (tertiary/aromatic N) is 1. The van der Waals surface area contributed by atoms with Crippen LogP contribution in [0.25, 0.3) is 6.08 Å². The summed E-state index contributed by atoms with van der Waals surface area (Å²) < 4.78 is 19.2. The Morgan fingerprint density at radius 3 is 2.36 bits per heavy atom. The third kappa shape index (κ3) is 4.72. The summed E-state index contributed by atoms with van der Waals surface area (Å²) >= 11 is 0. The molecule has 0 bridgehead atoms. The van der Waals surface area contributed by atoms with E-state index in [1.807, 2.05) is 25.1 Å². The van der Waals surface area contributed by atoms with E-state index in [1.54, 1.807) is 60.7 Å². The fourth-order valence-electron chi connectivity index (χ4n) is 2.61. The van der Waals surface area contributed by atoms with Gasteiger partial charge in [-0.1, -0.05) is 60.2 Å².